The molecule has 24 heavy (non-hydrogen) atoms. The molecule has 1 aliphatic carbocycles. The monoisotopic (exact) mass is 338 g/mol. The van der Waals surface area contributed by atoms with Crippen LogP contribution in [0.2, 0.25) is 5.82 Å². The van der Waals surface area contributed by atoms with Gasteiger partial charge in [0.15, 0.2) is 0 Å². The molecule has 0 amide bonds. The van der Waals surface area contributed by atoms with E-state index < -0.39 is 29.2 Å². The Kier molecular flexibility index (Phi) is 4.73. The lowest BCUT2D eigenvalue weighted by atomic mass is 9.51. The molecule has 2 rings (SSSR count). The first-order valence-corrected chi connectivity index (χ1v) is 8.86. The Morgan fingerprint density at radius 1 is 1.00 bits per heavy atom. The summed E-state index contributed by atoms with van der Waals surface area (Å²) in [5.74, 6) is -0.576. The zero-order chi connectivity index (χ0) is 18.6. The Balaban J connectivity index is 2.47. The van der Waals surface area contributed by atoms with Crippen molar-refractivity contribution in [2.45, 2.75) is 85.3 Å². The van der Waals surface area contributed by atoms with Crippen LogP contribution in [0.5, 0.6) is 0 Å². The number of hydrogen-bond acceptors (Lipinski definition) is 5. The van der Waals surface area contributed by atoms with Crippen molar-refractivity contribution in [3.05, 3.63) is 0 Å². The number of hydrogen-bond donors (Lipinski definition) is 0. The highest BCUT2D eigenvalue weighted by atomic mass is 16.7. The highest BCUT2D eigenvalue weighted by molar-refractivity contribution is 6.49. The van der Waals surface area contributed by atoms with Crippen LogP contribution in [-0.4, -0.2) is 36.7 Å². The lowest BCUT2D eigenvalue weighted by molar-refractivity contribution is -0.155. The van der Waals surface area contributed by atoms with Gasteiger partial charge in [-0.15, -0.1) is 0 Å². The minimum atomic E-state index is -0.794. The van der Waals surface area contributed by atoms with Crippen molar-refractivity contribution >= 4 is 18.9 Å². The van der Waals surface area contributed by atoms with Gasteiger partial charge in [0, 0.05) is 11.2 Å². The maximum atomic E-state index is 12.7. The molecule has 1 saturated heterocycles. The van der Waals surface area contributed by atoms with E-state index in [1.807, 2.05) is 41.5 Å². The molecule has 136 valence electrons. The predicted octanol–water partition coefficient (Wildman–Crippen LogP) is 3.41. The third kappa shape index (κ3) is 2.72. The Morgan fingerprint density at radius 2 is 1.46 bits per heavy atom. The van der Waals surface area contributed by atoms with Crippen LogP contribution in [0.1, 0.15) is 68.2 Å². The van der Waals surface area contributed by atoms with Gasteiger partial charge in [-0.3, -0.25) is 9.59 Å². The SMILES string of the molecule is CCOC(=O)C1(C)CCC(C)(C(C)=O)C1B1OC(C)(C)C(C)(C)O1. The van der Waals surface area contributed by atoms with Gasteiger partial charge in [-0.2, -0.15) is 0 Å². The summed E-state index contributed by atoms with van der Waals surface area (Å²) in [4.78, 5) is 25.2. The topological polar surface area (TPSA) is 61.8 Å². The van der Waals surface area contributed by atoms with Gasteiger partial charge in [-0.05, 0) is 61.3 Å². The molecule has 5 nitrogen and oxygen atoms in total. The second-order valence-electron chi connectivity index (χ2n) is 8.71. The smallest absolute Gasteiger partial charge is 0.463 e. The van der Waals surface area contributed by atoms with Crippen molar-refractivity contribution in [2.24, 2.45) is 10.8 Å². The molecular formula is C18H31BO5. The lowest BCUT2D eigenvalue weighted by Gasteiger charge is -2.37. The summed E-state index contributed by atoms with van der Waals surface area (Å²) in [6.07, 6.45) is 1.23. The Morgan fingerprint density at radius 3 is 1.88 bits per heavy atom. The summed E-state index contributed by atoms with van der Waals surface area (Å²) in [7, 11) is -0.610. The molecule has 3 unspecified atom stereocenters. The first kappa shape index (κ1) is 19.4. The average Bonchev–Trinajstić information content (AvgIpc) is 2.83. The van der Waals surface area contributed by atoms with Gasteiger partial charge in [0.05, 0.1) is 23.2 Å². The number of carbonyl (C=O) groups excluding carboxylic acids is 2. The van der Waals surface area contributed by atoms with E-state index in [2.05, 4.69) is 0 Å². The molecule has 2 fully saturated rings. The lowest BCUT2D eigenvalue weighted by Crippen LogP contribution is -2.46. The fraction of sp³-hybridized carbons (Fsp3) is 0.889. The molecule has 2 aliphatic rings. The number of ether oxygens (including phenoxy) is 1. The van der Waals surface area contributed by atoms with Gasteiger partial charge in [0.25, 0.3) is 0 Å². The van der Waals surface area contributed by atoms with Gasteiger partial charge >= 0.3 is 13.1 Å². The summed E-state index contributed by atoms with van der Waals surface area (Å²) in [6, 6.07) is 0. The van der Waals surface area contributed by atoms with Gasteiger partial charge < -0.3 is 14.0 Å². The van der Waals surface area contributed by atoms with Crippen LogP contribution in [0, 0.1) is 10.8 Å². The van der Waals surface area contributed by atoms with Crippen molar-refractivity contribution in [2.75, 3.05) is 6.61 Å². The first-order chi connectivity index (χ1) is 10.8. The maximum Gasteiger partial charge on any atom is 0.463 e. The van der Waals surface area contributed by atoms with E-state index in [9.17, 15) is 9.59 Å². The van der Waals surface area contributed by atoms with E-state index in [1.54, 1.807) is 13.8 Å². The van der Waals surface area contributed by atoms with E-state index in [0.29, 0.717) is 19.4 Å². The number of carbonyl (C=O) groups is 2. The summed E-state index contributed by atoms with van der Waals surface area (Å²) in [6.45, 7) is 15.4. The summed E-state index contributed by atoms with van der Waals surface area (Å²) in [5.41, 5.74) is -2.47. The largest absolute Gasteiger partial charge is 0.466 e. The Bertz CT molecular complexity index is 528. The maximum absolute atomic E-state index is 12.7. The van der Waals surface area contributed by atoms with Gasteiger partial charge in [0.2, 0.25) is 0 Å². The van der Waals surface area contributed by atoms with Crippen LogP contribution in [0.15, 0.2) is 0 Å². The summed E-state index contributed by atoms with van der Waals surface area (Å²) in [5, 5.41) is 0. The van der Waals surface area contributed by atoms with Gasteiger partial charge in [-0.1, -0.05) is 6.92 Å². The third-order valence-electron chi connectivity index (χ3n) is 6.63. The molecular weight excluding hydrogens is 307 g/mol. The third-order valence-corrected chi connectivity index (χ3v) is 6.63. The van der Waals surface area contributed by atoms with E-state index in [-0.39, 0.29) is 17.6 Å². The summed E-state index contributed by atoms with van der Waals surface area (Å²) >= 11 is 0. The van der Waals surface area contributed by atoms with Crippen molar-refractivity contribution in [1.82, 2.24) is 0 Å². The molecule has 1 heterocycles. The number of rotatable bonds is 4. The second kappa shape index (κ2) is 5.84. The Hall–Kier alpha value is -0.875. The Labute approximate surface area is 145 Å². The predicted molar refractivity (Wildman–Crippen MR) is 92.6 cm³/mol. The molecule has 0 radical (unpaired) electrons. The molecule has 0 spiro atoms. The molecule has 6 heteroatoms. The van der Waals surface area contributed by atoms with Gasteiger partial charge in [-0.25, -0.2) is 0 Å². The number of Topliss-reactive ketones (excluding diaryl/α,β-unsaturated/α-hetero) is 1. The number of ketones is 1. The fourth-order valence-corrected chi connectivity index (χ4v) is 4.08. The fourth-order valence-electron chi connectivity index (χ4n) is 4.08. The second-order valence-corrected chi connectivity index (χ2v) is 8.71. The number of esters is 1. The average molecular weight is 338 g/mol. The van der Waals surface area contributed by atoms with Crippen LogP contribution < -0.4 is 0 Å². The van der Waals surface area contributed by atoms with Crippen LogP contribution in [-0.2, 0) is 23.6 Å². The molecule has 0 aromatic rings. The minimum absolute atomic E-state index is 0.0650. The first-order valence-electron chi connectivity index (χ1n) is 8.86. The zero-order valence-electron chi connectivity index (χ0n) is 16.3. The van der Waals surface area contributed by atoms with Crippen molar-refractivity contribution in [1.29, 1.82) is 0 Å². The quantitative estimate of drug-likeness (QED) is 0.581. The standard InChI is InChI=1S/C18H31BO5/c1-9-22-14(21)18(8)11-10-17(7,12(2)20)13(18)19-23-15(3,4)16(5,6)24-19/h13H,9-11H2,1-8H3. The molecule has 3 atom stereocenters. The van der Waals surface area contributed by atoms with Crippen molar-refractivity contribution < 1.29 is 23.6 Å². The molecule has 0 aromatic carbocycles. The summed E-state index contributed by atoms with van der Waals surface area (Å²) < 4.78 is 17.8. The van der Waals surface area contributed by atoms with Crippen LogP contribution >= 0.6 is 0 Å². The van der Waals surface area contributed by atoms with E-state index >= 15 is 0 Å². The van der Waals surface area contributed by atoms with Crippen molar-refractivity contribution in [3.63, 3.8) is 0 Å². The van der Waals surface area contributed by atoms with E-state index in [1.165, 1.54) is 0 Å². The molecule has 1 saturated carbocycles. The minimum Gasteiger partial charge on any atom is -0.466 e. The normalized spacial score (nSPS) is 37.5. The highest BCUT2D eigenvalue weighted by Crippen LogP contribution is 2.62. The molecule has 0 aromatic heterocycles. The molecule has 0 bridgehead atoms. The highest BCUT2D eigenvalue weighted by Gasteiger charge is 2.68. The van der Waals surface area contributed by atoms with Crippen LogP contribution in [0.3, 0.4) is 0 Å². The van der Waals surface area contributed by atoms with E-state index in [0.717, 1.165) is 0 Å². The van der Waals surface area contributed by atoms with Crippen molar-refractivity contribution in [3.8, 4) is 0 Å². The zero-order valence-corrected chi connectivity index (χ0v) is 16.3. The molecule has 0 N–H and O–H groups in total. The molecule has 1 aliphatic heterocycles. The van der Waals surface area contributed by atoms with E-state index in [4.69, 9.17) is 14.0 Å². The van der Waals surface area contributed by atoms with Crippen LogP contribution in [0.4, 0.5) is 0 Å². The van der Waals surface area contributed by atoms with Crippen LogP contribution in [0.25, 0.3) is 0 Å². The van der Waals surface area contributed by atoms with Gasteiger partial charge in [0.1, 0.15) is 5.78 Å².